The Morgan fingerprint density at radius 2 is 1.62 bits per heavy atom. The molecule has 0 aliphatic carbocycles. The number of amides is 2. The average Bonchev–Trinajstić information content (AvgIpc) is 2.77. The molecule has 0 fully saturated rings. The Hall–Kier alpha value is -2.00. The van der Waals surface area contributed by atoms with Crippen LogP contribution in [-0.4, -0.2) is 50.0 Å². The Balaban J connectivity index is 2.39. The molecule has 0 aromatic heterocycles. The molecule has 0 saturated carbocycles. The summed E-state index contributed by atoms with van der Waals surface area (Å²) in [5.41, 5.74) is 0.926. The van der Waals surface area contributed by atoms with Crippen molar-refractivity contribution in [2.75, 3.05) is 17.1 Å². The molecule has 0 aliphatic rings. The molecule has 0 aliphatic heterocycles. The molecule has 0 heterocycles. The van der Waals surface area contributed by atoms with E-state index in [4.69, 9.17) is 34.8 Å². The zero-order chi connectivity index (χ0) is 25.6. The standard InChI is InChI=1S/C23H28Cl3N3O4S/c1-5-15(2)27-23(31)16(3)28(13-17-6-8-18(24)9-7-17)22(30)14-29(34(4,32)33)19-10-11-20(25)21(26)12-19/h6-12,15-16H,5,13-14H2,1-4H3,(H,27,31)/t15-,16-/m1/s1. The highest BCUT2D eigenvalue weighted by Gasteiger charge is 2.30. The van der Waals surface area contributed by atoms with Crippen LogP contribution in [0, 0.1) is 0 Å². The third-order valence-electron chi connectivity index (χ3n) is 5.30. The van der Waals surface area contributed by atoms with Gasteiger partial charge in [0.15, 0.2) is 0 Å². The number of nitrogens with zero attached hydrogens (tertiary/aromatic N) is 2. The molecule has 11 heteroatoms. The van der Waals surface area contributed by atoms with Crippen molar-refractivity contribution in [1.29, 1.82) is 0 Å². The SMILES string of the molecule is CC[C@@H](C)NC(=O)[C@@H](C)N(Cc1ccc(Cl)cc1)C(=O)CN(c1ccc(Cl)c(Cl)c1)S(C)(=O)=O. The van der Waals surface area contributed by atoms with Crippen LogP contribution in [0.15, 0.2) is 42.5 Å². The maximum absolute atomic E-state index is 13.5. The fourth-order valence-electron chi connectivity index (χ4n) is 3.09. The second-order valence-electron chi connectivity index (χ2n) is 8.01. The highest BCUT2D eigenvalue weighted by Crippen LogP contribution is 2.28. The van der Waals surface area contributed by atoms with Crippen molar-refractivity contribution >= 4 is 62.3 Å². The molecule has 186 valence electrons. The van der Waals surface area contributed by atoms with E-state index in [1.165, 1.54) is 23.1 Å². The maximum atomic E-state index is 13.5. The summed E-state index contributed by atoms with van der Waals surface area (Å²) in [6, 6.07) is 10.2. The number of nitrogens with one attached hydrogen (secondary N) is 1. The monoisotopic (exact) mass is 547 g/mol. The lowest BCUT2D eigenvalue weighted by molar-refractivity contribution is -0.139. The summed E-state index contributed by atoms with van der Waals surface area (Å²) >= 11 is 18.0. The molecule has 1 N–H and O–H groups in total. The molecule has 0 bridgehead atoms. The fraction of sp³-hybridized carbons (Fsp3) is 0.391. The predicted molar refractivity (Wildman–Crippen MR) is 138 cm³/mol. The third kappa shape index (κ3) is 7.77. The van der Waals surface area contributed by atoms with Crippen molar-refractivity contribution in [2.45, 2.75) is 45.8 Å². The second-order valence-corrected chi connectivity index (χ2v) is 11.2. The Bertz CT molecular complexity index is 1130. The molecule has 0 radical (unpaired) electrons. The largest absolute Gasteiger partial charge is 0.352 e. The normalized spacial score (nSPS) is 13.1. The van der Waals surface area contributed by atoms with Crippen molar-refractivity contribution in [3.05, 3.63) is 63.1 Å². The van der Waals surface area contributed by atoms with Crippen LogP contribution >= 0.6 is 34.8 Å². The van der Waals surface area contributed by atoms with Crippen LogP contribution in [0.5, 0.6) is 0 Å². The predicted octanol–water partition coefficient (Wildman–Crippen LogP) is 4.74. The van der Waals surface area contributed by atoms with Gasteiger partial charge in [0.1, 0.15) is 12.6 Å². The molecule has 34 heavy (non-hydrogen) atoms. The van der Waals surface area contributed by atoms with Gasteiger partial charge in [0.05, 0.1) is 22.0 Å². The van der Waals surface area contributed by atoms with Crippen molar-refractivity contribution in [2.24, 2.45) is 0 Å². The molecule has 2 aromatic rings. The van der Waals surface area contributed by atoms with Crippen LogP contribution in [0.1, 0.15) is 32.8 Å². The fourth-order valence-corrected chi connectivity index (χ4v) is 4.35. The highest BCUT2D eigenvalue weighted by molar-refractivity contribution is 7.92. The molecule has 0 spiro atoms. The lowest BCUT2D eigenvalue weighted by atomic mass is 10.1. The van der Waals surface area contributed by atoms with Gasteiger partial charge in [-0.1, -0.05) is 53.9 Å². The van der Waals surface area contributed by atoms with Gasteiger partial charge in [-0.15, -0.1) is 0 Å². The molecule has 2 aromatic carbocycles. The summed E-state index contributed by atoms with van der Waals surface area (Å²) in [4.78, 5) is 27.6. The van der Waals surface area contributed by atoms with Crippen LogP contribution in [0.2, 0.25) is 15.1 Å². The number of sulfonamides is 1. The Morgan fingerprint density at radius 3 is 2.15 bits per heavy atom. The van der Waals surface area contributed by atoms with Gasteiger partial charge in [-0.05, 0) is 56.2 Å². The first kappa shape index (κ1) is 28.2. The van der Waals surface area contributed by atoms with E-state index in [0.29, 0.717) is 5.02 Å². The zero-order valence-electron chi connectivity index (χ0n) is 19.4. The first-order valence-corrected chi connectivity index (χ1v) is 13.6. The van der Waals surface area contributed by atoms with Crippen LogP contribution in [-0.2, 0) is 26.2 Å². The van der Waals surface area contributed by atoms with E-state index in [1.807, 2.05) is 13.8 Å². The number of hydrogen-bond donors (Lipinski definition) is 1. The number of rotatable bonds is 10. The maximum Gasteiger partial charge on any atom is 0.244 e. The van der Waals surface area contributed by atoms with Gasteiger partial charge in [0.2, 0.25) is 21.8 Å². The second kappa shape index (κ2) is 12.1. The summed E-state index contributed by atoms with van der Waals surface area (Å²) in [5, 5.41) is 3.81. The first-order chi connectivity index (χ1) is 15.8. The van der Waals surface area contributed by atoms with Gasteiger partial charge >= 0.3 is 0 Å². The van der Waals surface area contributed by atoms with Crippen molar-refractivity contribution in [1.82, 2.24) is 10.2 Å². The Morgan fingerprint density at radius 1 is 1.00 bits per heavy atom. The number of halogens is 3. The lowest BCUT2D eigenvalue weighted by Gasteiger charge is -2.32. The molecule has 7 nitrogen and oxygen atoms in total. The van der Waals surface area contributed by atoms with Crippen LogP contribution in [0.25, 0.3) is 0 Å². The number of benzene rings is 2. The zero-order valence-corrected chi connectivity index (χ0v) is 22.5. The van der Waals surface area contributed by atoms with Crippen molar-refractivity contribution in [3.8, 4) is 0 Å². The number of anilines is 1. The van der Waals surface area contributed by atoms with E-state index in [-0.39, 0.29) is 34.2 Å². The summed E-state index contributed by atoms with van der Waals surface area (Å²) in [7, 11) is -3.86. The number of hydrogen-bond acceptors (Lipinski definition) is 4. The van der Waals surface area contributed by atoms with Crippen LogP contribution in [0.4, 0.5) is 5.69 Å². The number of carbonyl (C=O) groups is 2. The van der Waals surface area contributed by atoms with Crippen molar-refractivity contribution in [3.63, 3.8) is 0 Å². The Kier molecular flexibility index (Phi) is 10.1. The van der Waals surface area contributed by atoms with Gasteiger partial charge < -0.3 is 10.2 Å². The van der Waals surface area contributed by atoms with Crippen LogP contribution in [0.3, 0.4) is 0 Å². The minimum Gasteiger partial charge on any atom is -0.352 e. The van der Waals surface area contributed by atoms with E-state index >= 15 is 0 Å². The third-order valence-corrected chi connectivity index (χ3v) is 7.44. The highest BCUT2D eigenvalue weighted by atomic mass is 35.5. The molecular formula is C23H28Cl3N3O4S. The Labute approximate surface area is 216 Å². The topological polar surface area (TPSA) is 86.8 Å². The summed E-state index contributed by atoms with van der Waals surface area (Å²) in [5.74, 6) is -0.893. The molecule has 0 saturated heterocycles. The first-order valence-electron chi connectivity index (χ1n) is 10.6. The van der Waals surface area contributed by atoms with Gasteiger partial charge in [-0.25, -0.2) is 8.42 Å². The van der Waals surface area contributed by atoms with E-state index < -0.39 is 28.5 Å². The van der Waals surface area contributed by atoms with Gasteiger partial charge in [0.25, 0.3) is 0 Å². The average molecular weight is 549 g/mol. The quantitative estimate of drug-likeness (QED) is 0.464. The molecule has 2 rings (SSSR count). The van der Waals surface area contributed by atoms with E-state index in [9.17, 15) is 18.0 Å². The van der Waals surface area contributed by atoms with E-state index in [2.05, 4.69) is 5.32 Å². The molecular weight excluding hydrogens is 521 g/mol. The summed E-state index contributed by atoms with van der Waals surface area (Å²) in [6.45, 7) is 4.98. The molecule has 2 atom stereocenters. The molecule has 0 unspecified atom stereocenters. The van der Waals surface area contributed by atoms with E-state index in [1.54, 1.807) is 31.2 Å². The van der Waals surface area contributed by atoms with Crippen LogP contribution < -0.4 is 9.62 Å². The molecule has 2 amide bonds. The van der Waals surface area contributed by atoms with Gasteiger partial charge in [0, 0.05) is 17.6 Å². The lowest BCUT2D eigenvalue weighted by Crippen LogP contribution is -2.52. The minimum absolute atomic E-state index is 0.0776. The summed E-state index contributed by atoms with van der Waals surface area (Å²) < 4.78 is 26.0. The van der Waals surface area contributed by atoms with Crippen molar-refractivity contribution < 1.29 is 18.0 Å². The van der Waals surface area contributed by atoms with E-state index in [0.717, 1.165) is 22.5 Å². The smallest absolute Gasteiger partial charge is 0.244 e. The minimum atomic E-state index is -3.86. The van der Waals surface area contributed by atoms with Gasteiger partial charge in [-0.3, -0.25) is 13.9 Å². The van der Waals surface area contributed by atoms with Gasteiger partial charge in [-0.2, -0.15) is 0 Å². The number of carbonyl (C=O) groups excluding carboxylic acids is 2. The summed E-state index contributed by atoms with van der Waals surface area (Å²) in [6.07, 6.45) is 1.72.